The molecule has 2 rings (SSSR count). The lowest BCUT2D eigenvalue weighted by molar-refractivity contribution is 0.0522. The second kappa shape index (κ2) is 7.72. The SMILES string of the molecule is CCC(N)C(c1ccccn1)N(CC)CC1CCCO1. The highest BCUT2D eigenvalue weighted by molar-refractivity contribution is 5.11. The van der Waals surface area contributed by atoms with Crippen LogP contribution in [-0.2, 0) is 4.74 Å². The molecule has 1 aliphatic rings. The van der Waals surface area contributed by atoms with Gasteiger partial charge in [-0.3, -0.25) is 9.88 Å². The molecule has 2 N–H and O–H groups in total. The average molecular weight is 277 g/mol. The van der Waals surface area contributed by atoms with Crippen molar-refractivity contribution in [2.24, 2.45) is 5.73 Å². The van der Waals surface area contributed by atoms with Crippen molar-refractivity contribution in [3.63, 3.8) is 0 Å². The second-order valence-electron chi connectivity index (χ2n) is 5.49. The maximum absolute atomic E-state index is 6.38. The Labute approximate surface area is 122 Å². The zero-order valence-electron chi connectivity index (χ0n) is 12.7. The molecule has 2 heterocycles. The first-order valence-electron chi connectivity index (χ1n) is 7.78. The first-order valence-corrected chi connectivity index (χ1v) is 7.78. The van der Waals surface area contributed by atoms with Gasteiger partial charge in [-0.05, 0) is 37.9 Å². The normalized spacial score (nSPS) is 22.1. The fourth-order valence-corrected chi connectivity index (χ4v) is 2.94. The third-order valence-electron chi connectivity index (χ3n) is 4.13. The standard InChI is InChI=1S/C16H27N3O/c1-3-14(17)16(15-9-5-6-10-18-15)19(4-2)12-13-8-7-11-20-13/h5-6,9-10,13-14,16H,3-4,7-8,11-12,17H2,1-2H3. The smallest absolute Gasteiger partial charge is 0.0703 e. The van der Waals surface area contributed by atoms with Crippen molar-refractivity contribution in [3.05, 3.63) is 30.1 Å². The predicted octanol–water partition coefficient (Wildman–Crippen LogP) is 2.36. The first kappa shape index (κ1) is 15.4. The van der Waals surface area contributed by atoms with E-state index in [1.165, 1.54) is 6.42 Å². The minimum Gasteiger partial charge on any atom is -0.377 e. The van der Waals surface area contributed by atoms with E-state index in [1.807, 2.05) is 18.3 Å². The van der Waals surface area contributed by atoms with Crippen LogP contribution in [0, 0.1) is 0 Å². The summed E-state index contributed by atoms with van der Waals surface area (Å²) >= 11 is 0. The van der Waals surface area contributed by atoms with Crippen molar-refractivity contribution in [1.82, 2.24) is 9.88 Å². The number of aromatic nitrogens is 1. The number of rotatable bonds is 7. The highest BCUT2D eigenvalue weighted by Gasteiger charge is 2.29. The summed E-state index contributed by atoms with van der Waals surface area (Å²) in [6, 6.07) is 6.35. The van der Waals surface area contributed by atoms with Crippen molar-refractivity contribution in [1.29, 1.82) is 0 Å². The summed E-state index contributed by atoms with van der Waals surface area (Å²) in [6.45, 7) is 7.14. The number of ether oxygens (including phenoxy) is 1. The van der Waals surface area contributed by atoms with Gasteiger partial charge < -0.3 is 10.5 Å². The Balaban J connectivity index is 2.14. The fourth-order valence-electron chi connectivity index (χ4n) is 2.94. The van der Waals surface area contributed by atoms with Crippen LogP contribution in [0.15, 0.2) is 24.4 Å². The van der Waals surface area contributed by atoms with Crippen molar-refractivity contribution in [3.8, 4) is 0 Å². The number of pyridine rings is 1. The van der Waals surface area contributed by atoms with E-state index in [4.69, 9.17) is 10.5 Å². The maximum atomic E-state index is 6.38. The van der Waals surface area contributed by atoms with Crippen LogP contribution < -0.4 is 5.73 Å². The Bertz CT molecular complexity index is 379. The second-order valence-corrected chi connectivity index (χ2v) is 5.49. The van der Waals surface area contributed by atoms with Gasteiger partial charge in [-0.15, -0.1) is 0 Å². The molecule has 112 valence electrons. The summed E-state index contributed by atoms with van der Waals surface area (Å²) in [5.74, 6) is 0. The highest BCUT2D eigenvalue weighted by Crippen LogP contribution is 2.25. The molecule has 0 bridgehead atoms. The summed E-state index contributed by atoms with van der Waals surface area (Å²) < 4.78 is 5.78. The van der Waals surface area contributed by atoms with Gasteiger partial charge >= 0.3 is 0 Å². The number of hydrogen-bond donors (Lipinski definition) is 1. The molecule has 0 saturated carbocycles. The summed E-state index contributed by atoms with van der Waals surface area (Å²) in [4.78, 5) is 6.95. The van der Waals surface area contributed by atoms with Crippen LogP contribution in [-0.4, -0.2) is 41.7 Å². The third-order valence-corrected chi connectivity index (χ3v) is 4.13. The lowest BCUT2D eigenvalue weighted by atomic mass is 10.00. The first-order chi connectivity index (χ1) is 9.76. The van der Waals surface area contributed by atoms with Gasteiger partial charge in [0.25, 0.3) is 0 Å². The van der Waals surface area contributed by atoms with E-state index in [9.17, 15) is 0 Å². The monoisotopic (exact) mass is 277 g/mol. The minimum atomic E-state index is 0.103. The van der Waals surface area contributed by atoms with Gasteiger partial charge in [0.1, 0.15) is 0 Å². The summed E-state index contributed by atoms with van der Waals surface area (Å²) in [7, 11) is 0. The molecule has 1 saturated heterocycles. The summed E-state index contributed by atoms with van der Waals surface area (Å²) in [5.41, 5.74) is 7.45. The zero-order valence-corrected chi connectivity index (χ0v) is 12.7. The lowest BCUT2D eigenvalue weighted by Gasteiger charge is -2.35. The van der Waals surface area contributed by atoms with Gasteiger partial charge in [-0.1, -0.05) is 19.9 Å². The Kier molecular flexibility index (Phi) is 5.95. The molecule has 1 fully saturated rings. The van der Waals surface area contributed by atoms with Gasteiger partial charge in [-0.25, -0.2) is 0 Å². The molecular weight excluding hydrogens is 250 g/mol. The third kappa shape index (κ3) is 3.78. The van der Waals surface area contributed by atoms with Gasteiger partial charge in [-0.2, -0.15) is 0 Å². The minimum absolute atomic E-state index is 0.103. The van der Waals surface area contributed by atoms with Gasteiger partial charge in [0.15, 0.2) is 0 Å². The Morgan fingerprint density at radius 2 is 2.30 bits per heavy atom. The van der Waals surface area contributed by atoms with Crippen LogP contribution in [0.5, 0.6) is 0 Å². The molecule has 4 heteroatoms. The molecule has 0 aromatic carbocycles. The Morgan fingerprint density at radius 1 is 1.45 bits per heavy atom. The van der Waals surface area contributed by atoms with E-state index in [0.29, 0.717) is 6.10 Å². The van der Waals surface area contributed by atoms with Crippen molar-refractivity contribution in [2.45, 2.75) is 51.3 Å². The Hall–Kier alpha value is -0.970. The van der Waals surface area contributed by atoms with Crippen molar-refractivity contribution < 1.29 is 4.74 Å². The van der Waals surface area contributed by atoms with Crippen LogP contribution in [0.2, 0.25) is 0 Å². The van der Waals surface area contributed by atoms with E-state index < -0.39 is 0 Å². The van der Waals surface area contributed by atoms with Gasteiger partial charge in [0, 0.05) is 25.4 Å². The van der Waals surface area contributed by atoms with Gasteiger partial charge in [0.05, 0.1) is 17.8 Å². The van der Waals surface area contributed by atoms with Crippen LogP contribution in [0.3, 0.4) is 0 Å². The molecule has 0 aliphatic carbocycles. The quantitative estimate of drug-likeness (QED) is 0.831. The average Bonchev–Trinajstić information content (AvgIpc) is 3.00. The molecule has 1 aromatic heterocycles. The molecule has 0 amide bonds. The molecule has 4 nitrogen and oxygen atoms in total. The molecular formula is C16H27N3O. The van der Waals surface area contributed by atoms with Crippen LogP contribution >= 0.6 is 0 Å². The van der Waals surface area contributed by atoms with Crippen LogP contribution in [0.4, 0.5) is 0 Å². The largest absolute Gasteiger partial charge is 0.377 e. The fraction of sp³-hybridized carbons (Fsp3) is 0.688. The molecule has 0 spiro atoms. The van der Waals surface area contributed by atoms with Gasteiger partial charge in [0.2, 0.25) is 0 Å². The highest BCUT2D eigenvalue weighted by atomic mass is 16.5. The predicted molar refractivity (Wildman–Crippen MR) is 81.5 cm³/mol. The Morgan fingerprint density at radius 3 is 2.85 bits per heavy atom. The van der Waals surface area contributed by atoms with Crippen molar-refractivity contribution in [2.75, 3.05) is 19.7 Å². The lowest BCUT2D eigenvalue weighted by Crippen LogP contribution is -2.44. The van der Waals surface area contributed by atoms with E-state index in [2.05, 4.69) is 29.8 Å². The number of likely N-dealkylation sites (N-methyl/N-ethyl adjacent to an activating group) is 1. The van der Waals surface area contributed by atoms with E-state index in [0.717, 1.165) is 38.2 Å². The van der Waals surface area contributed by atoms with E-state index >= 15 is 0 Å². The zero-order chi connectivity index (χ0) is 14.4. The van der Waals surface area contributed by atoms with Crippen LogP contribution in [0.25, 0.3) is 0 Å². The number of nitrogens with zero attached hydrogens (tertiary/aromatic N) is 2. The number of nitrogens with two attached hydrogens (primary N) is 1. The molecule has 1 aromatic rings. The van der Waals surface area contributed by atoms with E-state index in [1.54, 1.807) is 0 Å². The maximum Gasteiger partial charge on any atom is 0.0703 e. The number of hydrogen-bond acceptors (Lipinski definition) is 4. The molecule has 1 aliphatic heterocycles. The van der Waals surface area contributed by atoms with Crippen LogP contribution in [0.1, 0.15) is 44.8 Å². The molecule has 0 radical (unpaired) electrons. The topological polar surface area (TPSA) is 51.4 Å². The summed E-state index contributed by atoms with van der Waals surface area (Å²) in [5, 5.41) is 0. The van der Waals surface area contributed by atoms with Crippen molar-refractivity contribution >= 4 is 0 Å². The molecule has 3 unspecified atom stereocenters. The molecule has 3 atom stereocenters. The summed E-state index contributed by atoms with van der Waals surface area (Å²) in [6.07, 6.45) is 5.49. The molecule has 20 heavy (non-hydrogen) atoms. The van der Waals surface area contributed by atoms with E-state index in [-0.39, 0.29) is 12.1 Å².